The Bertz CT molecular complexity index is 1510. The number of aliphatic hydroxyl groups is 1. The molecule has 1 saturated carbocycles. The summed E-state index contributed by atoms with van der Waals surface area (Å²) in [6.07, 6.45) is 7.22. The summed E-state index contributed by atoms with van der Waals surface area (Å²) in [5, 5.41) is 14.2. The molecule has 3 aliphatic rings. The zero-order valence-corrected chi connectivity index (χ0v) is 27.9. The van der Waals surface area contributed by atoms with Gasteiger partial charge in [0.1, 0.15) is 23.1 Å². The number of amides is 2. The van der Waals surface area contributed by atoms with Crippen LogP contribution in [-0.4, -0.2) is 73.4 Å². The molecule has 248 valence electrons. The molecule has 3 N–H and O–H groups in total. The lowest BCUT2D eigenvalue weighted by molar-refractivity contribution is -0.166. The number of unbranched alkanes of at least 4 members (excludes halogenated alkanes) is 1. The second-order valence-corrected chi connectivity index (χ2v) is 13.4. The zero-order valence-electron chi connectivity index (χ0n) is 26.3. The smallest absolute Gasteiger partial charge is 0.323 e. The Morgan fingerprint density at radius 2 is 1.65 bits per heavy atom. The van der Waals surface area contributed by atoms with Crippen LogP contribution in [0.4, 0.5) is 0 Å². The third kappa shape index (κ3) is 7.33. The minimum Gasteiger partial charge on any atom is -0.457 e. The van der Waals surface area contributed by atoms with Crippen LogP contribution in [0.15, 0.2) is 53.3 Å². The van der Waals surface area contributed by atoms with Crippen LogP contribution in [0.2, 0.25) is 0 Å². The maximum Gasteiger partial charge on any atom is 0.323 e. The van der Waals surface area contributed by atoms with Gasteiger partial charge in [-0.2, -0.15) is 4.37 Å². The van der Waals surface area contributed by atoms with Crippen molar-refractivity contribution < 1.29 is 19.4 Å². The highest BCUT2D eigenvalue weighted by Crippen LogP contribution is 2.36. The first-order chi connectivity index (χ1) is 21.9. The van der Waals surface area contributed by atoms with E-state index in [1.807, 2.05) is 41.3 Å². The number of likely N-dealkylation sites (tertiary alicyclic amines) is 1. The van der Waals surface area contributed by atoms with Crippen molar-refractivity contribution in [1.29, 1.82) is 0 Å². The number of H-pyrrole nitrogens is 1. The summed E-state index contributed by atoms with van der Waals surface area (Å²) in [5.41, 5.74) is 1.11. The van der Waals surface area contributed by atoms with Crippen LogP contribution >= 0.6 is 23.9 Å². The Hall–Kier alpha value is -3.25. The molecule has 3 heterocycles. The standard InChI is InChI=1S/C34H43N5O5S.ClH/c1-2-3-19-39-31(41)28(29(40)24-7-5-4-6-8-24)35-32(42)34(39)17-20-38(21-18-34)22-23-9-13-26(14-10-23)44-27-15-11-25(12-16-27)30-36-33(43)45-37-30;/h9-16,24,28-29,40H,2-8,17-22H2,1H3,(H,35,42)(H,36,37,43);1H/t28-,29-;/m1./s1. The molecule has 2 aliphatic heterocycles. The van der Waals surface area contributed by atoms with Gasteiger partial charge >= 0.3 is 4.87 Å². The summed E-state index contributed by atoms with van der Waals surface area (Å²) < 4.78 is 10.1. The fourth-order valence-electron chi connectivity index (χ4n) is 7.13. The number of rotatable bonds is 10. The number of nitrogens with zero attached hydrogens (tertiary/aromatic N) is 3. The van der Waals surface area contributed by atoms with Crippen molar-refractivity contribution in [1.82, 2.24) is 24.5 Å². The largest absolute Gasteiger partial charge is 0.457 e. The molecule has 2 amide bonds. The van der Waals surface area contributed by atoms with Crippen LogP contribution in [0.25, 0.3) is 11.4 Å². The minimum absolute atomic E-state index is 0. The van der Waals surface area contributed by atoms with Crippen molar-refractivity contribution >= 4 is 35.8 Å². The summed E-state index contributed by atoms with van der Waals surface area (Å²) in [5.74, 6) is 1.81. The van der Waals surface area contributed by atoms with Crippen LogP contribution in [0.1, 0.15) is 70.3 Å². The predicted octanol–water partition coefficient (Wildman–Crippen LogP) is 5.12. The van der Waals surface area contributed by atoms with Crippen molar-refractivity contribution in [2.24, 2.45) is 5.92 Å². The Labute approximate surface area is 280 Å². The fourth-order valence-corrected chi connectivity index (χ4v) is 7.60. The number of aliphatic hydroxyl groups excluding tert-OH is 1. The molecule has 6 rings (SSSR count). The van der Waals surface area contributed by atoms with Gasteiger partial charge in [0.2, 0.25) is 11.8 Å². The fraction of sp³-hybridized carbons (Fsp3) is 0.529. The van der Waals surface area contributed by atoms with E-state index in [2.05, 4.69) is 38.6 Å². The molecule has 0 bridgehead atoms. The van der Waals surface area contributed by atoms with Gasteiger partial charge in [-0.15, -0.1) is 12.4 Å². The normalized spacial score (nSPS) is 21.1. The van der Waals surface area contributed by atoms with Gasteiger partial charge < -0.3 is 20.1 Å². The van der Waals surface area contributed by atoms with Crippen LogP contribution in [0.3, 0.4) is 0 Å². The van der Waals surface area contributed by atoms with Crippen LogP contribution < -0.4 is 14.9 Å². The quantitative estimate of drug-likeness (QED) is 0.274. The van der Waals surface area contributed by atoms with E-state index in [0.29, 0.717) is 44.0 Å². The first kappa shape index (κ1) is 34.1. The molecule has 46 heavy (non-hydrogen) atoms. The molecule has 2 aromatic carbocycles. The first-order valence-corrected chi connectivity index (χ1v) is 17.1. The number of hydrogen-bond donors (Lipinski definition) is 3. The van der Waals surface area contributed by atoms with Gasteiger partial charge in [0.15, 0.2) is 5.82 Å². The number of piperidine rings is 1. The Morgan fingerprint density at radius 1 is 1.00 bits per heavy atom. The van der Waals surface area contributed by atoms with Crippen molar-refractivity contribution in [2.45, 2.75) is 88.9 Å². The van der Waals surface area contributed by atoms with E-state index in [1.54, 1.807) is 0 Å². The van der Waals surface area contributed by atoms with Gasteiger partial charge in [-0.3, -0.25) is 24.3 Å². The SMILES string of the molecule is CCCCN1C(=O)[C@@H]([C@H](O)C2CCCCC2)NC(=O)C12CCN(Cc1ccc(Oc3ccc(-c4nsc(=O)[nH]4)cc3)cc1)CC2.Cl. The lowest BCUT2D eigenvalue weighted by Gasteiger charge is -2.52. The van der Waals surface area contributed by atoms with E-state index in [0.717, 1.165) is 73.5 Å². The van der Waals surface area contributed by atoms with E-state index in [4.69, 9.17) is 4.74 Å². The number of halogens is 1. The monoisotopic (exact) mass is 669 g/mol. The number of piperazine rings is 1. The predicted molar refractivity (Wildman–Crippen MR) is 180 cm³/mol. The highest BCUT2D eigenvalue weighted by atomic mass is 35.5. The second-order valence-electron chi connectivity index (χ2n) is 12.7. The molecule has 1 aliphatic carbocycles. The average Bonchev–Trinajstić information content (AvgIpc) is 3.51. The Morgan fingerprint density at radius 3 is 2.26 bits per heavy atom. The van der Waals surface area contributed by atoms with Crippen molar-refractivity contribution in [3.05, 3.63) is 63.8 Å². The third-order valence-corrected chi connectivity index (χ3v) is 10.3. The lowest BCUT2D eigenvalue weighted by atomic mass is 9.78. The molecule has 2 atom stereocenters. The van der Waals surface area contributed by atoms with Gasteiger partial charge in [0.25, 0.3) is 0 Å². The number of aromatic amines is 1. The van der Waals surface area contributed by atoms with Crippen LogP contribution in [0, 0.1) is 5.92 Å². The summed E-state index contributed by atoms with van der Waals surface area (Å²) >= 11 is 0.896. The topological polar surface area (TPSA) is 128 Å². The average molecular weight is 670 g/mol. The van der Waals surface area contributed by atoms with Gasteiger partial charge in [-0.1, -0.05) is 44.7 Å². The van der Waals surface area contributed by atoms with Crippen molar-refractivity contribution in [3.8, 4) is 22.9 Å². The number of benzene rings is 2. The summed E-state index contributed by atoms with van der Waals surface area (Å²) in [6, 6.07) is 14.6. The van der Waals surface area contributed by atoms with Gasteiger partial charge in [-0.25, -0.2) is 0 Å². The Balaban J connectivity index is 0.00000417. The summed E-state index contributed by atoms with van der Waals surface area (Å²) in [4.78, 5) is 45.7. The lowest BCUT2D eigenvalue weighted by Crippen LogP contribution is -2.75. The molecule has 3 aromatic rings. The van der Waals surface area contributed by atoms with E-state index >= 15 is 0 Å². The van der Waals surface area contributed by atoms with E-state index in [9.17, 15) is 19.5 Å². The summed E-state index contributed by atoms with van der Waals surface area (Å²) in [7, 11) is 0. The third-order valence-electron chi connectivity index (χ3n) is 9.78. The number of ether oxygens (including phenoxy) is 1. The van der Waals surface area contributed by atoms with Crippen molar-refractivity contribution in [2.75, 3.05) is 19.6 Å². The molecule has 12 heteroatoms. The molecular weight excluding hydrogens is 626 g/mol. The minimum atomic E-state index is -0.854. The van der Waals surface area contributed by atoms with Crippen LogP contribution in [-0.2, 0) is 16.1 Å². The molecule has 1 spiro atoms. The number of carbonyl (C=O) groups excluding carboxylic acids is 2. The maximum atomic E-state index is 13.9. The first-order valence-electron chi connectivity index (χ1n) is 16.3. The molecule has 1 aromatic heterocycles. The van der Waals surface area contributed by atoms with Crippen LogP contribution in [0.5, 0.6) is 11.5 Å². The number of hydrogen-bond acceptors (Lipinski definition) is 8. The molecule has 0 radical (unpaired) electrons. The van der Waals surface area contributed by atoms with Gasteiger partial charge in [0, 0.05) is 43.3 Å². The van der Waals surface area contributed by atoms with Gasteiger partial charge in [-0.05, 0) is 80.0 Å². The highest BCUT2D eigenvalue weighted by Gasteiger charge is 2.55. The van der Waals surface area contributed by atoms with E-state index in [-0.39, 0.29) is 35.0 Å². The molecule has 3 fully saturated rings. The number of carbonyl (C=O) groups is 2. The molecule has 2 saturated heterocycles. The molecular formula is C34H44ClN5O5S. The van der Waals surface area contributed by atoms with Gasteiger partial charge in [0.05, 0.1) is 6.10 Å². The van der Waals surface area contributed by atoms with E-state index < -0.39 is 17.7 Å². The maximum absolute atomic E-state index is 13.9. The van der Waals surface area contributed by atoms with E-state index in [1.165, 1.54) is 6.42 Å². The zero-order chi connectivity index (χ0) is 31.4. The molecule has 0 unspecified atom stereocenters. The highest BCUT2D eigenvalue weighted by molar-refractivity contribution is 7.03. The van der Waals surface area contributed by atoms with Crippen molar-refractivity contribution in [3.63, 3.8) is 0 Å². The Kier molecular flexibility index (Phi) is 11.2. The number of nitrogens with one attached hydrogen (secondary N) is 2. The number of aromatic nitrogens is 2. The summed E-state index contributed by atoms with van der Waals surface area (Å²) in [6.45, 7) is 4.79. The molecule has 10 nitrogen and oxygen atoms in total. The second kappa shape index (κ2) is 15.1.